The molecule has 0 aromatic carbocycles. The summed E-state index contributed by atoms with van der Waals surface area (Å²) in [6.45, 7) is 13.8. The number of thioether (sulfide) groups is 1. The molecule has 0 saturated carbocycles. The van der Waals surface area contributed by atoms with E-state index in [-0.39, 0.29) is 0 Å². The van der Waals surface area contributed by atoms with Crippen LogP contribution < -0.4 is 5.32 Å². The molecule has 1 N–H and O–H groups in total. The van der Waals surface area contributed by atoms with E-state index in [1.165, 1.54) is 11.3 Å². The van der Waals surface area contributed by atoms with Gasteiger partial charge < -0.3 is 14.0 Å². The van der Waals surface area contributed by atoms with Crippen molar-refractivity contribution in [2.45, 2.75) is 63.9 Å². The van der Waals surface area contributed by atoms with E-state index in [1.807, 2.05) is 49.2 Å². The molecule has 0 unspecified atom stereocenters. The van der Waals surface area contributed by atoms with E-state index in [9.17, 15) is 4.79 Å². The highest BCUT2D eigenvalue weighted by atomic mass is 32.2. The van der Waals surface area contributed by atoms with Crippen LogP contribution in [0.15, 0.2) is 22.8 Å². The van der Waals surface area contributed by atoms with Gasteiger partial charge in [-0.15, -0.1) is 11.3 Å². The SMILES string of the molecule is CSc1nc(-c2cc(NC(=O)OC(C)(C)C)cs2)cn1COCC[Si](C)(C)C. The van der Waals surface area contributed by atoms with Gasteiger partial charge >= 0.3 is 6.09 Å². The molecule has 2 heterocycles. The first-order chi connectivity index (χ1) is 13.0. The molecule has 156 valence electrons. The quantitative estimate of drug-likeness (QED) is 0.309. The Hall–Kier alpha value is -1.29. The Morgan fingerprint density at radius 2 is 2.07 bits per heavy atom. The van der Waals surface area contributed by atoms with E-state index in [0.29, 0.717) is 12.4 Å². The highest BCUT2D eigenvalue weighted by Gasteiger charge is 2.18. The van der Waals surface area contributed by atoms with Crippen LogP contribution in [0.1, 0.15) is 20.8 Å². The van der Waals surface area contributed by atoms with Crippen molar-refractivity contribution in [2.24, 2.45) is 0 Å². The first-order valence-electron chi connectivity index (χ1n) is 9.25. The number of thiophene rings is 1. The molecule has 0 bridgehead atoms. The van der Waals surface area contributed by atoms with Crippen LogP contribution in [-0.2, 0) is 16.2 Å². The number of hydrogen-bond donors (Lipinski definition) is 1. The predicted molar refractivity (Wildman–Crippen MR) is 121 cm³/mol. The summed E-state index contributed by atoms with van der Waals surface area (Å²) < 4.78 is 13.2. The van der Waals surface area contributed by atoms with E-state index >= 15 is 0 Å². The molecule has 2 aromatic heterocycles. The van der Waals surface area contributed by atoms with E-state index in [2.05, 4.69) is 25.0 Å². The standard InChI is InChI=1S/C19H31N3O3S2Si/c1-19(2,3)25-18(23)20-14-10-16(27-12-14)15-11-22(17(21-15)26-4)13-24-8-9-28(5,6)7/h10-12H,8-9,13H2,1-7H3,(H,20,23). The van der Waals surface area contributed by atoms with Crippen molar-refractivity contribution in [2.75, 3.05) is 18.2 Å². The number of amides is 1. The zero-order valence-corrected chi connectivity index (χ0v) is 20.4. The molecule has 0 radical (unpaired) electrons. The van der Waals surface area contributed by atoms with Gasteiger partial charge in [0.1, 0.15) is 12.3 Å². The van der Waals surface area contributed by atoms with E-state index < -0.39 is 19.8 Å². The van der Waals surface area contributed by atoms with Gasteiger partial charge in [-0.25, -0.2) is 9.78 Å². The Labute approximate surface area is 177 Å². The molecule has 0 saturated heterocycles. The van der Waals surface area contributed by atoms with Gasteiger partial charge in [-0.3, -0.25) is 5.32 Å². The summed E-state index contributed by atoms with van der Waals surface area (Å²) in [4.78, 5) is 17.6. The lowest BCUT2D eigenvalue weighted by Gasteiger charge is -2.19. The number of hydrogen-bond acceptors (Lipinski definition) is 6. The minimum absolute atomic E-state index is 0.456. The smallest absolute Gasteiger partial charge is 0.412 e. The van der Waals surface area contributed by atoms with Crippen LogP contribution >= 0.6 is 23.1 Å². The third-order valence-corrected chi connectivity index (χ3v) is 6.99. The average molecular weight is 442 g/mol. The molecule has 0 fully saturated rings. The molecule has 0 spiro atoms. The number of aromatic nitrogens is 2. The zero-order valence-electron chi connectivity index (χ0n) is 17.8. The fourth-order valence-corrected chi connectivity index (χ4v) is 4.35. The molecule has 0 aliphatic heterocycles. The Morgan fingerprint density at radius 1 is 1.36 bits per heavy atom. The van der Waals surface area contributed by atoms with Crippen molar-refractivity contribution in [1.29, 1.82) is 0 Å². The largest absolute Gasteiger partial charge is 0.444 e. The summed E-state index contributed by atoms with van der Waals surface area (Å²) in [7, 11) is -1.09. The second kappa shape index (κ2) is 9.47. The van der Waals surface area contributed by atoms with Crippen molar-refractivity contribution in [3.63, 3.8) is 0 Å². The van der Waals surface area contributed by atoms with Crippen LogP contribution in [0.5, 0.6) is 0 Å². The van der Waals surface area contributed by atoms with Crippen molar-refractivity contribution >= 4 is 43.0 Å². The van der Waals surface area contributed by atoms with Gasteiger partial charge in [0.2, 0.25) is 0 Å². The second-order valence-electron chi connectivity index (χ2n) is 8.76. The number of nitrogens with zero attached hydrogens (tertiary/aromatic N) is 2. The Bertz CT molecular complexity index is 791. The fraction of sp³-hybridized carbons (Fsp3) is 0.579. The fourth-order valence-electron chi connectivity index (χ4n) is 2.27. The van der Waals surface area contributed by atoms with Crippen molar-refractivity contribution in [3.05, 3.63) is 17.6 Å². The first kappa shape index (κ1) is 23.0. The molecule has 6 nitrogen and oxygen atoms in total. The maximum absolute atomic E-state index is 11.9. The van der Waals surface area contributed by atoms with E-state index in [1.54, 1.807) is 11.8 Å². The molecule has 0 atom stereocenters. The van der Waals surface area contributed by atoms with Gasteiger partial charge in [-0.2, -0.15) is 0 Å². The van der Waals surface area contributed by atoms with Gasteiger partial charge in [0, 0.05) is 26.3 Å². The van der Waals surface area contributed by atoms with Gasteiger partial charge in [0.15, 0.2) is 5.16 Å². The van der Waals surface area contributed by atoms with Crippen LogP contribution in [0, 0.1) is 0 Å². The Kier molecular flexibility index (Phi) is 7.78. The summed E-state index contributed by atoms with van der Waals surface area (Å²) in [6, 6.07) is 3.06. The average Bonchev–Trinajstić information content (AvgIpc) is 3.15. The lowest BCUT2D eigenvalue weighted by Crippen LogP contribution is -2.27. The monoisotopic (exact) mass is 441 g/mol. The predicted octanol–water partition coefficient (Wildman–Crippen LogP) is 5.99. The minimum Gasteiger partial charge on any atom is -0.444 e. The van der Waals surface area contributed by atoms with E-state index in [0.717, 1.165) is 28.4 Å². The topological polar surface area (TPSA) is 65.4 Å². The Morgan fingerprint density at radius 3 is 2.68 bits per heavy atom. The van der Waals surface area contributed by atoms with E-state index in [4.69, 9.17) is 14.5 Å². The molecular weight excluding hydrogens is 410 g/mol. The van der Waals surface area contributed by atoms with Crippen LogP contribution in [-0.4, -0.2) is 42.2 Å². The van der Waals surface area contributed by atoms with Crippen LogP contribution in [0.3, 0.4) is 0 Å². The normalized spacial score (nSPS) is 12.2. The van der Waals surface area contributed by atoms with Gasteiger partial charge in [-0.1, -0.05) is 31.4 Å². The first-order valence-corrected chi connectivity index (χ1v) is 15.1. The van der Waals surface area contributed by atoms with Crippen LogP contribution in [0.25, 0.3) is 10.6 Å². The molecule has 28 heavy (non-hydrogen) atoms. The zero-order chi connectivity index (χ0) is 20.9. The summed E-state index contributed by atoms with van der Waals surface area (Å²) in [5.74, 6) is 0. The Balaban J connectivity index is 2.01. The van der Waals surface area contributed by atoms with Crippen LogP contribution in [0.4, 0.5) is 10.5 Å². The molecule has 0 aliphatic carbocycles. The van der Waals surface area contributed by atoms with Gasteiger partial charge in [0.25, 0.3) is 0 Å². The highest BCUT2D eigenvalue weighted by Crippen LogP contribution is 2.31. The molecule has 2 rings (SSSR count). The molecule has 2 aromatic rings. The summed E-state index contributed by atoms with van der Waals surface area (Å²) in [5, 5.41) is 5.57. The number of rotatable bonds is 8. The third-order valence-electron chi connectivity index (χ3n) is 3.65. The van der Waals surface area contributed by atoms with Crippen molar-refractivity contribution in [1.82, 2.24) is 9.55 Å². The molecule has 9 heteroatoms. The lowest BCUT2D eigenvalue weighted by molar-refractivity contribution is 0.0636. The second-order valence-corrected chi connectivity index (χ2v) is 16.1. The molecular formula is C19H31N3O3S2Si. The number of carbonyl (C=O) groups excluding carboxylic acids is 1. The molecule has 0 aliphatic rings. The van der Waals surface area contributed by atoms with Crippen LogP contribution in [0.2, 0.25) is 25.7 Å². The number of carbonyl (C=O) groups is 1. The lowest BCUT2D eigenvalue weighted by atomic mass is 10.2. The number of ether oxygens (including phenoxy) is 2. The number of anilines is 1. The summed E-state index contributed by atoms with van der Waals surface area (Å²) in [6.07, 6.45) is 3.56. The highest BCUT2D eigenvalue weighted by molar-refractivity contribution is 7.98. The number of imidazole rings is 1. The van der Waals surface area contributed by atoms with Gasteiger partial charge in [0.05, 0.1) is 16.3 Å². The maximum Gasteiger partial charge on any atom is 0.412 e. The number of nitrogens with one attached hydrogen (secondary N) is 1. The molecule has 1 amide bonds. The summed E-state index contributed by atoms with van der Waals surface area (Å²) >= 11 is 3.13. The van der Waals surface area contributed by atoms with Crippen molar-refractivity contribution in [3.8, 4) is 10.6 Å². The third kappa shape index (κ3) is 7.61. The van der Waals surface area contributed by atoms with Crippen molar-refractivity contribution < 1.29 is 14.3 Å². The summed E-state index contributed by atoms with van der Waals surface area (Å²) in [5.41, 5.74) is 1.06. The van der Waals surface area contributed by atoms with Gasteiger partial charge in [-0.05, 0) is 39.1 Å². The minimum atomic E-state index is -1.09. The maximum atomic E-state index is 11.9.